The lowest BCUT2D eigenvalue weighted by atomic mass is 10.8. The summed E-state index contributed by atoms with van der Waals surface area (Å²) in [7, 11) is -5.67. The summed E-state index contributed by atoms with van der Waals surface area (Å²) in [6, 6.07) is 0. The molecule has 0 unspecified atom stereocenters. The smallest absolute Gasteiger partial charge is 0.382 e. The normalized spacial score (nSPS) is 10.0. The molecule has 0 saturated heterocycles. The van der Waals surface area contributed by atoms with Gasteiger partial charge in [0.25, 0.3) is 0 Å². The number of rotatable bonds is 2. The van der Waals surface area contributed by atoms with Gasteiger partial charge >= 0.3 is 10.6 Å². The van der Waals surface area contributed by atoms with Crippen molar-refractivity contribution in [1.29, 1.82) is 0 Å². The van der Waals surface area contributed by atoms with Crippen molar-refractivity contribution < 1.29 is 20.9 Å². The van der Waals surface area contributed by atoms with Crippen molar-refractivity contribution in [1.82, 2.24) is 0 Å². The van der Waals surface area contributed by atoms with Crippen LogP contribution in [0.3, 0.4) is 0 Å². The van der Waals surface area contributed by atoms with Gasteiger partial charge in [-0.15, -0.1) is 0 Å². The molecular weight excluding hydrogens is 166 g/mol. The highest BCUT2D eigenvalue weighted by Gasteiger charge is 1.94. The summed E-state index contributed by atoms with van der Waals surface area (Å²) in [5, 5.41) is 0. The first-order valence-electron chi connectivity index (χ1n) is 2.63. The van der Waals surface area contributed by atoms with Gasteiger partial charge in [-0.1, -0.05) is 7.77 Å². The largest absolute Gasteiger partial charge is 0.476 e. The molecule has 0 spiro atoms. The zero-order valence-corrected chi connectivity index (χ0v) is 6.62. The molecule has 0 aromatic heterocycles. The van der Waals surface area contributed by atoms with Crippen LogP contribution in [0.25, 0.3) is 0 Å². The Balaban J connectivity index is 0. The molecule has 64 valence electrons. The Morgan fingerprint density at radius 1 is 1.20 bits per heavy atom. The highest BCUT2D eigenvalue weighted by Crippen LogP contribution is 1.85. The van der Waals surface area contributed by atoms with Crippen LogP contribution < -0.4 is 0 Å². The average Bonchev–Trinajstić information content (AvgIpc) is 1.63. The van der Waals surface area contributed by atoms with Gasteiger partial charge in [-0.25, -0.2) is 0 Å². The summed E-state index contributed by atoms with van der Waals surface area (Å²) in [6.07, 6.45) is 0. The molecule has 0 fully saturated rings. The summed E-state index contributed by atoms with van der Waals surface area (Å²) in [5.74, 6) is 0. The number of hydrogen-bond acceptors (Lipinski definition) is 3. The molecule has 0 N–H and O–H groups in total. The highest BCUT2D eigenvalue weighted by molar-refractivity contribution is 7.81. The predicted molar refractivity (Wildman–Crippen MR) is 33.3 cm³/mol. The second-order valence-corrected chi connectivity index (χ2v) is 1.92. The molecular formula is C4H10F2O3S. The number of ether oxygens (including phenoxy) is 1. The average molecular weight is 176 g/mol. The van der Waals surface area contributed by atoms with E-state index in [1.54, 1.807) is 0 Å². The lowest BCUT2D eigenvalue weighted by Gasteiger charge is -1.86. The maximum absolute atomic E-state index is 9.99. The number of halogens is 2. The Bertz CT molecular complexity index is 133. The van der Waals surface area contributed by atoms with E-state index in [1.807, 2.05) is 13.8 Å². The molecule has 0 aliphatic heterocycles. The Morgan fingerprint density at radius 3 is 1.40 bits per heavy atom. The molecule has 3 nitrogen and oxygen atoms in total. The van der Waals surface area contributed by atoms with E-state index in [2.05, 4.69) is 0 Å². The van der Waals surface area contributed by atoms with E-state index in [-0.39, 0.29) is 0 Å². The third-order valence-electron chi connectivity index (χ3n) is 0.408. The highest BCUT2D eigenvalue weighted by atomic mass is 32.3. The molecule has 0 aromatic rings. The fraction of sp³-hybridized carbons (Fsp3) is 1.00. The third-order valence-corrected chi connectivity index (χ3v) is 0.408. The van der Waals surface area contributed by atoms with Gasteiger partial charge in [-0.3, -0.25) is 0 Å². The van der Waals surface area contributed by atoms with Crippen LogP contribution in [0, 0.1) is 0 Å². The monoisotopic (exact) mass is 176 g/mol. The van der Waals surface area contributed by atoms with Crippen molar-refractivity contribution in [2.24, 2.45) is 0 Å². The van der Waals surface area contributed by atoms with Gasteiger partial charge in [0.1, 0.15) is 0 Å². The van der Waals surface area contributed by atoms with E-state index in [1.165, 1.54) is 0 Å². The van der Waals surface area contributed by atoms with Crippen LogP contribution in [-0.2, 0) is 15.3 Å². The molecule has 0 amide bonds. The topological polar surface area (TPSA) is 43.4 Å². The Hall–Kier alpha value is -0.230. The first-order chi connectivity index (χ1) is 4.41. The van der Waals surface area contributed by atoms with Gasteiger partial charge < -0.3 is 4.74 Å². The summed E-state index contributed by atoms with van der Waals surface area (Å²) >= 11 is 0. The SMILES string of the molecule is CCOCC.O=S(=O)(F)F. The van der Waals surface area contributed by atoms with Gasteiger partial charge in [-0.05, 0) is 13.8 Å². The Kier molecular flexibility index (Phi) is 8.57. The zero-order chi connectivity index (χ0) is 8.62. The molecule has 0 heterocycles. The van der Waals surface area contributed by atoms with E-state index in [0.29, 0.717) is 0 Å². The molecule has 0 aliphatic rings. The van der Waals surface area contributed by atoms with Crippen LogP contribution in [0.15, 0.2) is 0 Å². The van der Waals surface area contributed by atoms with Gasteiger partial charge in [0.05, 0.1) is 0 Å². The summed E-state index contributed by atoms with van der Waals surface area (Å²) < 4.78 is 41.4. The van der Waals surface area contributed by atoms with Crippen molar-refractivity contribution >= 4 is 10.6 Å². The molecule has 0 aromatic carbocycles. The Morgan fingerprint density at radius 2 is 1.40 bits per heavy atom. The maximum atomic E-state index is 9.99. The molecule has 0 aliphatic carbocycles. The standard InChI is InChI=1S/C4H10O.F2O2S/c1-3-5-4-2;1-5(2,3)4/h3-4H2,1-2H3;. The molecule has 6 heteroatoms. The van der Waals surface area contributed by atoms with Crippen molar-refractivity contribution in [3.8, 4) is 0 Å². The third kappa shape index (κ3) is 114. The van der Waals surface area contributed by atoms with Crippen LogP contribution in [-0.4, -0.2) is 21.6 Å². The van der Waals surface area contributed by atoms with E-state index in [9.17, 15) is 7.77 Å². The molecule has 0 bridgehead atoms. The zero-order valence-electron chi connectivity index (χ0n) is 5.80. The molecule has 10 heavy (non-hydrogen) atoms. The van der Waals surface area contributed by atoms with Gasteiger partial charge in [0, 0.05) is 13.2 Å². The van der Waals surface area contributed by atoms with Crippen molar-refractivity contribution in [2.75, 3.05) is 13.2 Å². The van der Waals surface area contributed by atoms with Gasteiger partial charge in [0.2, 0.25) is 0 Å². The summed E-state index contributed by atoms with van der Waals surface area (Å²) in [4.78, 5) is 0. The van der Waals surface area contributed by atoms with Crippen molar-refractivity contribution in [2.45, 2.75) is 13.8 Å². The van der Waals surface area contributed by atoms with Crippen molar-refractivity contribution in [3.05, 3.63) is 0 Å². The predicted octanol–water partition coefficient (Wildman–Crippen LogP) is 1.21. The van der Waals surface area contributed by atoms with Crippen LogP contribution in [0.2, 0.25) is 0 Å². The van der Waals surface area contributed by atoms with E-state index >= 15 is 0 Å². The van der Waals surface area contributed by atoms with Crippen LogP contribution in [0.1, 0.15) is 13.8 Å². The van der Waals surface area contributed by atoms with Crippen molar-refractivity contribution in [3.63, 3.8) is 0 Å². The fourth-order valence-corrected chi connectivity index (χ4v) is 0.204. The quantitative estimate of drug-likeness (QED) is 0.594. The molecule has 0 saturated carbocycles. The maximum Gasteiger partial charge on any atom is 0.476 e. The van der Waals surface area contributed by atoms with E-state index in [4.69, 9.17) is 13.2 Å². The van der Waals surface area contributed by atoms with Crippen LogP contribution >= 0.6 is 0 Å². The first kappa shape index (κ1) is 12.4. The second-order valence-electron chi connectivity index (χ2n) is 1.16. The van der Waals surface area contributed by atoms with Crippen LogP contribution in [0.5, 0.6) is 0 Å². The molecule has 0 atom stereocenters. The second kappa shape index (κ2) is 6.88. The molecule has 0 radical (unpaired) electrons. The van der Waals surface area contributed by atoms with Gasteiger partial charge in [0.15, 0.2) is 0 Å². The molecule has 0 rings (SSSR count). The van der Waals surface area contributed by atoms with Crippen LogP contribution in [0.4, 0.5) is 7.77 Å². The summed E-state index contributed by atoms with van der Waals surface area (Å²) in [5.41, 5.74) is 0. The minimum absolute atomic E-state index is 0.844. The minimum Gasteiger partial charge on any atom is -0.382 e. The Labute approximate surface area is 59.5 Å². The van der Waals surface area contributed by atoms with Gasteiger partial charge in [-0.2, -0.15) is 8.42 Å². The van der Waals surface area contributed by atoms with E-state index < -0.39 is 10.6 Å². The minimum atomic E-state index is -5.67. The number of hydrogen-bond donors (Lipinski definition) is 0. The fourth-order valence-electron chi connectivity index (χ4n) is 0.204. The van der Waals surface area contributed by atoms with E-state index in [0.717, 1.165) is 13.2 Å². The first-order valence-corrected chi connectivity index (χ1v) is 3.92. The lowest BCUT2D eigenvalue weighted by Crippen LogP contribution is -1.84. The lowest BCUT2D eigenvalue weighted by molar-refractivity contribution is 0.162. The summed E-state index contributed by atoms with van der Waals surface area (Å²) in [6.45, 7) is 5.67.